The molecule has 0 unspecified atom stereocenters. The van der Waals surface area contributed by atoms with Gasteiger partial charge in [0.25, 0.3) is 0 Å². The fourth-order valence-corrected chi connectivity index (χ4v) is 7.16. The molecule has 0 fully saturated rings. The summed E-state index contributed by atoms with van der Waals surface area (Å²) in [6.07, 6.45) is 0. The number of hydrogen-bond donors (Lipinski definition) is 0. The van der Waals surface area contributed by atoms with Crippen LogP contribution in [0.1, 0.15) is 0 Å². The Morgan fingerprint density at radius 1 is 0.525 bits per heavy atom. The Kier molecular flexibility index (Phi) is 4.48. The number of benzene rings is 6. The summed E-state index contributed by atoms with van der Waals surface area (Å²) in [6, 6.07) is 43.0. The molecule has 40 heavy (non-hydrogen) atoms. The van der Waals surface area contributed by atoms with Crippen molar-refractivity contribution in [3.63, 3.8) is 0 Å². The van der Waals surface area contributed by atoms with Gasteiger partial charge >= 0.3 is 0 Å². The lowest BCUT2D eigenvalue weighted by Crippen LogP contribution is -1.84. The number of thiophene rings is 1. The zero-order chi connectivity index (χ0) is 26.2. The minimum absolute atomic E-state index is 0.573. The molecule has 9 rings (SSSR count). The molecule has 9 aromatic rings. The average Bonchev–Trinajstić information content (AvgIpc) is 3.55. The summed E-state index contributed by atoms with van der Waals surface area (Å²) in [5.74, 6) is 0. The van der Waals surface area contributed by atoms with Crippen LogP contribution in [0.3, 0.4) is 0 Å². The molecule has 186 valence electrons. The maximum absolute atomic E-state index is 6.08. The highest BCUT2D eigenvalue weighted by molar-refractivity contribution is 7.26. The van der Waals surface area contributed by atoms with Gasteiger partial charge in [-0.25, -0.2) is 9.97 Å². The first-order chi connectivity index (χ1) is 19.8. The summed E-state index contributed by atoms with van der Waals surface area (Å²) in [5.41, 5.74) is 8.64. The number of rotatable bonds is 2. The fraction of sp³-hybridized carbons (Fsp3) is 0. The van der Waals surface area contributed by atoms with Crippen molar-refractivity contribution in [1.82, 2.24) is 9.97 Å². The maximum atomic E-state index is 6.08. The molecule has 0 bridgehead atoms. The van der Waals surface area contributed by atoms with E-state index in [2.05, 4.69) is 91.0 Å². The normalized spacial score (nSPS) is 12.0. The van der Waals surface area contributed by atoms with Gasteiger partial charge in [-0.15, -0.1) is 11.3 Å². The summed E-state index contributed by atoms with van der Waals surface area (Å²) in [5, 5.41) is 6.18. The molecule has 3 aromatic heterocycles. The van der Waals surface area contributed by atoms with E-state index in [1.807, 2.05) is 41.7 Å². The van der Waals surface area contributed by atoms with Gasteiger partial charge in [0.05, 0.1) is 11.0 Å². The fourth-order valence-electron chi connectivity index (χ4n) is 5.90. The van der Waals surface area contributed by atoms with Crippen LogP contribution in [0.4, 0.5) is 0 Å². The first kappa shape index (κ1) is 21.8. The second-order valence-corrected chi connectivity index (χ2v) is 11.3. The lowest BCUT2D eigenvalue weighted by molar-refractivity contribution is 0.655. The Hall–Kier alpha value is -5.06. The second kappa shape index (κ2) is 8.22. The molecule has 0 atom stereocenters. The summed E-state index contributed by atoms with van der Waals surface area (Å²) >= 11 is 1.88. The zero-order valence-corrected chi connectivity index (χ0v) is 22.1. The first-order valence-electron chi connectivity index (χ1n) is 13.3. The summed E-state index contributed by atoms with van der Waals surface area (Å²) in [7, 11) is 0. The van der Waals surface area contributed by atoms with Crippen LogP contribution in [0.5, 0.6) is 0 Å². The van der Waals surface area contributed by atoms with Crippen molar-refractivity contribution in [2.45, 2.75) is 0 Å². The Morgan fingerprint density at radius 2 is 1.27 bits per heavy atom. The topological polar surface area (TPSA) is 38.9 Å². The first-order valence-corrected chi connectivity index (χ1v) is 14.1. The number of aromatic nitrogens is 2. The van der Waals surface area contributed by atoms with E-state index in [1.54, 1.807) is 0 Å². The smallest absolute Gasteiger partial charge is 0.246 e. The van der Waals surface area contributed by atoms with Gasteiger partial charge in [-0.2, -0.15) is 0 Å². The van der Waals surface area contributed by atoms with Crippen LogP contribution in [0, 0.1) is 0 Å². The quantitative estimate of drug-likeness (QED) is 0.224. The van der Waals surface area contributed by atoms with Gasteiger partial charge in [0.2, 0.25) is 5.71 Å². The largest absolute Gasteiger partial charge is 0.436 e. The highest BCUT2D eigenvalue weighted by atomic mass is 32.1. The highest BCUT2D eigenvalue weighted by Gasteiger charge is 2.14. The van der Waals surface area contributed by atoms with E-state index >= 15 is 0 Å². The third kappa shape index (κ3) is 3.23. The molecule has 4 heteroatoms. The molecule has 0 saturated carbocycles. The van der Waals surface area contributed by atoms with E-state index in [0.29, 0.717) is 5.71 Å². The minimum atomic E-state index is 0.573. The molecule has 0 spiro atoms. The molecule has 0 N–H and O–H groups in total. The number of fused-ring (bicyclic) bond motifs is 8. The van der Waals surface area contributed by atoms with E-state index in [1.165, 1.54) is 42.1 Å². The van der Waals surface area contributed by atoms with Crippen LogP contribution in [0.15, 0.2) is 126 Å². The summed E-state index contributed by atoms with van der Waals surface area (Å²) < 4.78 is 8.72. The Bertz CT molecular complexity index is 2450. The highest BCUT2D eigenvalue weighted by Crippen LogP contribution is 2.42. The lowest BCUT2D eigenvalue weighted by Gasteiger charge is -2.08. The van der Waals surface area contributed by atoms with E-state index in [9.17, 15) is 0 Å². The second-order valence-electron chi connectivity index (χ2n) is 10.2. The SMILES string of the molecule is c1cc(-c2ccc3oc4nc5ccccc5nc4c3c2)cc(-c2cccc3c2sc2cc4ccccc4cc23)c1. The molecular formula is C36H20N2OS. The van der Waals surface area contributed by atoms with Crippen molar-refractivity contribution in [3.05, 3.63) is 121 Å². The van der Waals surface area contributed by atoms with Gasteiger partial charge < -0.3 is 4.42 Å². The van der Waals surface area contributed by atoms with Crippen LogP contribution >= 0.6 is 11.3 Å². The average molecular weight is 529 g/mol. The Morgan fingerprint density at radius 3 is 2.17 bits per heavy atom. The van der Waals surface area contributed by atoms with Gasteiger partial charge in [-0.05, 0) is 75.5 Å². The monoisotopic (exact) mass is 528 g/mol. The van der Waals surface area contributed by atoms with Crippen molar-refractivity contribution < 1.29 is 4.42 Å². The molecule has 0 radical (unpaired) electrons. The number of hydrogen-bond acceptors (Lipinski definition) is 4. The van der Waals surface area contributed by atoms with Crippen LogP contribution < -0.4 is 0 Å². The van der Waals surface area contributed by atoms with E-state index in [0.717, 1.165) is 38.6 Å². The molecule has 0 amide bonds. The van der Waals surface area contributed by atoms with Crippen molar-refractivity contribution in [1.29, 1.82) is 0 Å². The molecular weight excluding hydrogens is 508 g/mol. The van der Waals surface area contributed by atoms with Crippen LogP contribution in [0.2, 0.25) is 0 Å². The predicted molar refractivity (Wildman–Crippen MR) is 168 cm³/mol. The molecule has 0 aliphatic heterocycles. The summed E-state index contributed by atoms with van der Waals surface area (Å²) in [6.45, 7) is 0. The van der Waals surface area contributed by atoms with Crippen molar-refractivity contribution in [2.75, 3.05) is 0 Å². The zero-order valence-electron chi connectivity index (χ0n) is 21.3. The Balaban J connectivity index is 1.20. The van der Waals surface area contributed by atoms with Crippen LogP contribution in [-0.2, 0) is 0 Å². The molecule has 3 heterocycles. The van der Waals surface area contributed by atoms with Crippen molar-refractivity contribution >= 4 is 75.5 Å². The van der Waals surface area contributed by atoms with Gasteiger partial charge in [-0.1, -0.05) is 78.9 Å². The molecule has 0 aliphatic rings. The van der Waals surface area contributed by atoms with Crippen molar-refractivity contribution in [3.8, 4) is 22.3 Å². The Labute approximate surface area is 233 Å². The van der Waals surface area contributed by atoms with E-state index in [4.69, 9.17) is 14.4 Å². The molecule has 0 aliphatic carbocycles. The number of furan rings is 1. The number of para-hydroxylation sites is 2. The van der Waals surface area contributed by atoms with Gasteiger partial charge in [0.15, 0.2) is 0 Å². The number of nitrogens with zero attached hydrogens (tertiary/aromatic N) is 2. The lowest BCUT2D eigenvalue weighted by atomic mass is 9.97. The van der Waals surface area contributed by atoms with Crippen molar-refractivity contribution in [2.24, 2.45) is 0 Å². The van der Waals surface area contributed by atoms with E-state index in [-0.39, 0.29) is 0 Å². The predicted octanol–water partition coefficient (Wildman–Crippen LogP) is 10.4. The third-order valence-corrected chi connectivity index (χ3v) is 9.05. The summed E-state index contributed by atoms with van der Waals surface area (Å²) in [4.78, 5) is 9.59. The molecule has 0 saturated heterocycles. The van der Waals surface area contributed by atoms with E-state index < -0.39 is 0 Å². The standard InChI is InChI=1S/C36H20N2OS/c1-2-8-23-20-33-28(18-22(23)7-1)27-12-6-11-26(35(27)40-33)25-10-5-9-21(17-25)24-15-16-32-29(19-24)34-36(39-32)38-31-14-4-3-13-30(31)37-34/h1-20H. The van der Waals surface area contributed by atoms with Crippen LogP contribution in [-0.4, -0.2) is 9.97 Å². The molecule has 6 aromatic carbocycles. The van der Waals surface area contributed by atoms with Gasteiger partial charge in [0, 0.05) is 25.6 Å². The third-order valence-electron chi connectivity index (χ3n) is 7.85. The molecule has 3 nitrogen and oxygen atoms in total. The minimum Gasteiger partial charge on any atom is -0.436 e. The van der Waals surface area contributed by atoms with Crippen LogP contribution in [0.25, 0.3) is 86.4 Å². The van der Waals surface area contributed by atoms with Gasteiger partial charge in [0.1, 0.15) is 11.1 Å². The van der Waals surface area contributed by atoms with Gasteiger partial charge in [-0.3, -0.25) is 0 Å². The maximum Gasteiger partial charge on any atom is 0.246 e.